The van der Waals surface area contributed by atoms with Crippen molar-refractivity contribution in [2.45, 2.75) is 26.7 Å². The average Bonchev–Trinajstić information content (AvgIpc) is 1.88. The van der Waals surface area contributed by atoms with Crippen molar-refractivity contribution in [2.75, 3.05) is 6.54 Å². The number of hydrazine groups is 1. The third-order valence-corrected chi connectivity index (χ3v) is 1.90. The maximum Gasteiger partial charge on any atom is 0.110 e. The number of rotatable bonds is 0. The van der Waals surface area contributed by atoms with E-state index >= 15 is 0 Å². The fraction of sp³-hybridized carbons (Fsp3) is 0.857. The van der Waals surface area contributed by atoms with Gasteiger partial charge < -0.3 is 5.43 Å². The lowest BCUT2D eigenvalue weighted by molar-refractivity contribution is 0.340. The standard InChI is InChI=1S/C7H15N3/c1-7(2)4-3-6(10-8)9-5-7/h3-5,8H2,1-2H3,(H,9,10). The molecular formula is C7H15N3. The van der Waals surface area contributed by atoms with Crippen molar-refractivity contribution in [3.63, 3.8) is 0 Å². The molecular weight excluding hydrogens is 126 g/mol. The zero-order valence-corrected chi connectivity index (χ0v) is 6.65. The Morgan fingerprint density at radius 3 is 2.70 bits per heavy atom. The third-order valence-electron chi connectivity index (χ3n) is 1.90. The first-order chi connectivity index (χ1) is 4.64. The van der Waals surface area contributed by atoms with Gasteiger partial charge in [0, 0.05) is 13.0 Å². The second-order valence-electron chi connectivity index (χ2n) is 3.57. The summed E-state index contributed by atoms with van der Waals surface area (Å²) in [5, 5.41) is 0. The topological polar surface area (TPSA) is 50.4 Å². The minimum atomic E-state index is 0.375. The van der Waals surface area contributed by atoms with E-state index in [1.54, 1.807) is 0 Å². The van der Waals surface area contributed by atoms with E-state index in [1.165, 1.54) is 6.42 Å². The lowest BCUT2D eigenvalue weighted by Gasteiger charge is -2.27. The number of nitrogens with zero attached hydrogens (tertiary/aromatic N) is 1. The lowest BCUT2D eigenvalue weighted by Crippen LogP contribution is -2.35. The van der Waals surface area contributed by atoms with Gasteiger partial charge in [-0.05, 0) is 11.8 Å². The summed E-state index contributed by atoms with van der Waals surface area (Å²) in [6.45, 7) is 5.35. The quantitative estimate of drug-likeness (QED) is 0.385. The number of amidine groups is 1. The molecule has 0 saturated heterocycles. The molecule has 3 N–H and O–H groups in total. The molecule has 0 bridgehead atoms. The molecule has 58 valence electrons. The summed E-state index contributed by atoms with van der Waals surface area (Å²) < 4.78 is 0. The Morgan fingerprint density at radius 2 is 2.30 bits per heavy atom. The van der Waals surface area contributed by atoms with Crippen LogP contribution in [0.5, 0.6) is 0 Å². The van der Waals surface area contributed by atoms with E-state index in [4.69, 9.17) is 5.84 Å². The van der Waals surface area contributed by atoms with Crippen LogP contribution in [0.4, 0.5) is 0 Å². The van der Waals surface area contributed by atoms with Gasteiger partial charge in [-0.15, -0.1) is 0 Å². The van der Waals surface area contributed by atoms with Crippen LogP contribution in [-0.4, -0.2) is 12.4 Å². The molecule has 0 aromatic heterocycles. The van der Waals surface area contributed by atoms with Crippen molar-refractivity contribution >= 4 is 5.84 Å². The lowest BCUT2D eigenvalue weighted by atomic mass is 9.86. The summed E-state index contributed by atoms with van der Waals surface area (Å²) in [5.74, 6) is 6.15. The van der Waals surface area contributed by atoms with Gasteiger partial charge in [-0.2, -0.15) is 0 Å². The molecule has 0 aromatic carbocycles. The molecule has 0 unspecified atom stereocenters. The van der Waals surface area contributed by atoms with Crippen molar-refractivity contribution in [3.8, 4) is 0 Å². The van der Waals surface area contributed by atoms with Crippen LogP contribution < -0.4 is 11.3 Å². The van der Waals surface area contributed by atoms with Gasteiger partial charge in [0.05, 0.1) is 0 Å². The highest BCUT2D eigenvalue weighted by molar-refractivity contribution is 5.82. The Kier molecular flexibility index (Phi) is 1.94. The molecule has 1 rings (SSSR count). The summed E-state index contributed by atoms with van der Waals surface area (Å²) in [5.41, 5.74) is 2.97. The SMILES string of the molecule is CC1(C)CCC(NN)=NC1. The molecule has 0 fully saturated rings. The van der Waals surface area contributed by atoms with E-state index in [-0.39, 0.29) is 0 Å². The predicted molar refractivity (Wildman–Crippen MR) is 42.6 cm³/mol. The van der Waals surface area contributed by atoms with Crippen LogP contribution in [0.1, 0.15) is 26.7 Å². The Morgan fingerprint density at radius 1 is 1.60 bits per heavy atom. The smallest absolute Gasteiger partial charge is 0.110 e. The van der Waals surface area contributed by atoms with E-state index < -0.39 is 0 Å². The molecule has 0 spiro atoms. The van der Waals surface area contributed by atoms with Gasteiger partial charge in [-0.1, -0.05) is 13.8 Å². The van der Waals surface area contributed by atoms with E-state index in [2.05, 4.69) is 24.3 Å². The predicted octanol–water partition coefficient (Wildman–Crippen LogP) is 0.668. The molecule has 0 atom stereocenters. The number of nitrogens with one attached hydrogen (secondary N) is 1. The van der Waals surface area contributed by atoms with Crippen LogP contribution in [0.3, 0.4) is 0 Å². The molecule has 1 heterocycles. The van der Waals surface area contributed by atoms with Crippen LogP contribution in [-0.2, 0) is 0 Å². The van der Waals surface area contributed by atoms with E-state index in [9.17, 15) is 0 Å². The zero-order chi connectivity index (χ0) is 7.61. The Bertz CT molecular complexity index is 149. The molecule has 10 heavy (non-hydrogen) atoms. The second kappa shape index (κ2) is 2.58. The van der Waals surface area contributed by atoms with E-state index in [0.29, 0.717) is 5.41 Å². The minimum Gasteiger partial charge on any atom is -0.312 e. The van der Waals surface area contributed by atoms with Crippen LogP contribution in [0.25, 0.3) is 0 Å². The van der Waals surface area contributed by atoms with Gasteiger partial charge in [-0.3, -0.25) is 4.99 Å². The molecule has 1 aliphatic heterocycles. The average molecular weight is 141 g/mol. The van der Waals surface area contributed by atoms with Gasteiger partial charge in [-0.25, -0.2) is 5.84 Å². The van der Waals surface area contributed by atoms with Crippen molar-refractivity contribution < 1.29 is 0 Å². The largest absolute Gasteiger partial charge is 0.312 e. The van der Waals surface area contributed by atoms with Crippen molar-refractivity contribution in [1.29, 1.82) is 0 Å². The summed E-state index contributed by atoms with van der Waals surface area (Å²) in [6.07, 6.45) is 2.17. The highest BCUT2D eigenvalue weighted by atomic mass is 15.3. The monoisotopic (exact) mass is 141 g/mol. The number of hydrogen-bond acceptors (Lipinski definition) is 3. The highest BCUT2D eigenvalue weighted by Crippen LogP contribution is 2.25. The summed E-state index contributed by atoms with van der Waals surface area (Å²) >= 11 is 0. The number of aliphatic imine (C=N–C) groups is 1. The minimum absolute atomic E-state index is 0.375. The fourth-order valence-corrected chi connectivity index (χ4v) is 1.04. The highest BCUT2D eigenvalue weighted by Gasteiger charge is 2.21. The molecule has 0 saturated carbocycles. The number of hydrogen-bond donors (Lipinski definition) is 2. The van der Waals surface area contributed by atoms with Crippen molar-refractivity contribution in [3.05, 3.63) is 0 Å². The normalized spacial score (nSPS) is 23.7. The van der Waals surface area contributed by atoms with Crippen LogP contribution in [0, 0.1) is 5.41 Å². The van der Waals surface area contributed by atoms with Gasteiger partial charge in [0.2, 0.25) is 0 Å². The summed E-state index contributed by atoms with van der Waals surface area (Å²) in [7, 11) is 0. The first kappa shape index (κ1) is 7.54. The molecule has 0 radical (unpaired) electrons. The Labute approximate surface area is 61.7 Å². The Balaban J connectivity index is 2.52. The summed E-state index contributed by atoms with van der Waals surface area (Å²) in [6, 6.07) is 0. The van der Waals surface area contributed by atoms with Gasteiger partial charge in [0.25, 0.3) is 0 Å². The van der Waals surface area contributed by atoms with Crippen molar-refractivity contribution in [1.82, 2.24) is 5.43 Å². The van der Waals surface area contributed by atoms with E-state index in [0.717, 1.165) is 18.8 Å². The van der Waals surface area contributed by atoms with Gasteiger partial charge in [0.1, 0.15) is 5.84 Å². The van der Waals surface area contributed by atoms with Gasteiger partial charge in [0.15, 0.2) is 0 Å². The molecule has 0 aliphatic carbocycles. The first-order valence-corrected chi connectivity index (χ1v) is 3.64. The summed E-state index contributed by atoms with van der Waals surface area (Å²) in [4.78, 5) is 4.28. The fourth-order valence-electron chi connectivity index (χ4n) is 1.04. The Hall–Kier alpha value is -0.570. The molecule has 0 aromatic rings. The second-order valence-corrected chi connectivity index (χ2v) is 3.57. The zero-order valence-electron chi connectivity index (χ0n) is 6.65. The van der Waals surface area contributed by atoms with Crippen LogP contribution in [0.15, 0.2) is 4.99 Å². The number of nitrogens with two attached hydrogens (primary N) is 1. The molecule has 3 nitrogen and oxygen atoms in total. The van der Waals surface area contributed by atoms with Gasteiger partial charge >= 0.3 is 0 Å². The maximum atomic E-state index is 5.21. The maximum absolute atomic E-state index is 5.21. The molecule has 0 amide bonds. The van der Waals surface area contributed by atoms with Crippen LogP contribution in [0.2, 0.25) is 0 Å². The molecule has 1 aliphatic rings. The third kappa shape index (κ3) is 1.70. The van der Waals surface area contributed by atoms with E-state index in [1.807, 2.05) is 0 Å². The first-order valence-electron chi connectivity index (χ1n) is 3.64. The van der Waals surface area contributed by atoms with Crippen molar-refractivity contribution in [2.24, 2.45) is 16.3 Å². The molecule has 3 heteroatoms. The van der Waals surface area contributed by atoms with Crippen LogP contribution >= 0.6 is 0 Å².